The molecule has 7 N–H and O–H groups in total. The highest BCUT2D eigenvalue weighted by molar-refractivity contribution is 7.80. The number of aliphatic hydroxyl groups excluding tert-OH is 5. The predicted octanol–water partition coefficient (Wildman–Crippen LogP) is 8.69. The smallest absolute Gasteiger partial charge is 0.394 e. The molecule has 14 heteroatoms. The molecule has 0 bridgehead atoms. The molecule has 1 amide bonds. The molecular formula is C47H89NO12S. The lowest BCUT2D eigenvalue weighted by Gasteiger charge is -2.41. The summed E-state index contributed by atoms with van der Waals surface area (Å²) in [5, 5.41) is 55.3. The van der Waals surface area contributed by atoms with E-state index >= 15 is 0 Å². The molecule has 1 aliphatic heterocycles. The van der Waals surface area contributed by atoms with Gasteiger partial charge in [-0.3, -0.25) is 9.35 Å². The van der Waals surface area contributed by atoms with Crippen LogP contribution in [0.4, 0.5) is 0 Å². The lowest BCUT2D eigenvalue weighted by atomic mass is 9.99. The minimum atomic E-state index is -5.12. The van der Waals surface area contributed by atoms with Crippen molar-refractivity contribution in [2.24, 2.45) is 0 Å². The summed E-state index contributed by atoms with van der Waals surface area (Å²) in [6.07, 6.45) is 31.1. The third kappa shape index (κ3) is 30.3. The summed E-state index contributed by atoms with van der Waals surface area (Å²) in [5.41, 5.74) is 0. The number of nitrogens with one attached hydrogen (secondary N) is 1. The first-order chi connectivity index (χ1) is 29.4. The van der Waals surface area contributed by atoms with Gasteiger partial charge in [-0.15, -0.1) is 0 Å². The molecule has 8 unspecified atom stereocenters. The topological polar surface area (TPSA) is 212 Å². The number of amides is 1. The van der Waals surface area contributed by atoms with Gasteiger partial charge in [-0.2, -0.15) is 8.42 Å². The number of ether oxygens (including phenoxy) is 2. The molecule has 1 aliphatic rings. The maximum absolute atomic E-state index is 13.1. The second kappa shape index (κ2) is 37.9. The van der Waals surface area contributed by atoms with Gasteiger partial charge in [0.25, 0.3) is 0 Å². The number of rotatable bonds is 41. The molecule has 0 saturated carbocycles. The van der Waals surface area contributed by atoms with Gasteiger partial charge in [-0.25, -0.2) is 4.18 Å². The van der Waals surface area contributed by atoms with Crippen molar-refractivity contribution in [3.8, 4) is 0 Å². The molecule has 1 fully saturated rings. The zero-order valence-corrected chi connectivity index (χ0v) is 38.9. The van der Waals surface area contributed by atoms with Crippen molar-refractivity contribution in [1.82, 2.24) is 5.32 Å². The maximum atomic E-state index is 13.1. The van der Waals surface area contributed by atoms with Gasteiger partial charge < -0.3 is 40.3 Å². The Hall–Kier alpha value is -1.46. The molecular weight excluding hydrogens is 803 g/mol. The zero-order chi connectivity index (χ0) is 45.0. The van der Waals surface area contributed by atoms with Gasteiger partial charge in [0.15, 0.2) is 6.29 Å². The number of allylic oxidation sites excluding steroid dienone is 3. The van der Waals surface area contributed by atoms with Gasteiger partial charge in [0.1, 0.15) is 30.5 Å². The molecule has 1 heterocycles. The molecule has 8 atom stereocenters. The van der Waals surface area contributed by atoms with Crippen molar-refractivity contribution in [1.29, 1.82) is 0 Å². The molecule has 360 valence electrons. The van der Waals surface area contributed by atoms with Gasteiger partial charge in [-0.05, 0) is 44.9 Å². The third-order valence-corrected chi connectivity index (χ3v) is 12.0. The molecule has 0 aliphatic carbocycles. The Kier molecular flexibility index (Phi) is 35.7. The number of unbranched alkanes of at least 4 members (excludes halogenated alkanes) is 26. The Bertz CT molecular complexity index is 1200. The Morgan fingerprint density at radius 3 is 1.52 bits per heavy atom. The molecule has 0 aromatic rings. The average molecular weight is 892 g/mol. The van der Waals surface area contributed by atoms with Crippen LogP contribution in [0.25, 0.3) is 0 Å². The molecule has 1 rings (SSSR count). The maximum Gasteiger partial charge on any atom is 0.397 e. The van der Waals surface area contributed by atoms with Gasteiger partial charge in [0.05, 0.1) is 25.4 Å². The van der Waals surface area contributed by atoms with E-state index in [2.05, 4.69) is 35.5 Å². The summed E-state index contributed by atoms with van der Waals surface area (Å²) in [6, 6.07) is -1.12. The first kappa shape index (κ1) is 57.6. The fourth-order valence-electron chi connectivity index (χ4n) is 7.69. The van der Waals surface area contributed by atoms with Crippen LogP contribution in [0, 0.1) is 0 Å². The van der Waals surface area contributed by atoms with Crippen LogP contribution in [0.2, 0.25) is 0 Å². The summed E-state index contributed by atoms with van der Waals surface area (Å²) in [5.74, 6) is -0.706. The van der Waals surface area contributed by atoms with Crippen molar-refractivity contribution in [3.05, 3.63) is 24.3 Å². The summed E-state index contributed by atoms with van der Waals surface area (Å²) in [4.78, 5) is 13.1. The number of hydrogen-bond donors (Lipinski definition) is 7. The number of carbonyl (C=O) groups excluding carboxylic acids is 1. The Labute approximate surface area is 370 Å². The van der Waals surface area contributed by atoms with Crippen molar-refractivity contribution in [3.63, 3.8) is 0 Å². The van der Waals surface area contributed by atoms with Crippen LogP contribution in [0.3, 0.4) is 0 Å². The number of hydrogen-bond acceptors (Lipinski definition) is 11. The zero-order valence-electron chi connectivity index (χ0n) is 38.1. The molecule has 61 heavy (non-hydrogen) atoms. The van der Waals surface area contributed by atoms with Crippen molar-refractivity contribution in [2.45, 2.75) is 255 Å². The Morgan fingerprint density at radius 2 is 1.08 bits per heavy atom. The van der Waals surface area contributed by atoms with Gasteiger partial charge in [0.2, 0.25) is 5.91 Å². The van der Waals surface area contributed by atoms with Gasteiger partial charge in [0, 0.05) is 0 Å². The first-order valence-corrected chi connectivity index (χ1v) is 25.7. The van der Waals surface area contributed by atoms with Gasteiger partial charge >= 0.3 is 10.4 Å². The van der Waals surface area contributed by atoms with Crippen LogP contribution in [0.5, 0.6) is 0 Å². The van der Waals surface area contributed by atoms with Crippen LogP contribution >= 0.6 is 0 Å². The van der Waals surface area contributed by atoms with E-state index in [0.29, 0.717) is 12.8 Å². The predicted molar refractivity (Wildman–Crippen MR) is 242 cm³/mol. The average Bonchev–Trinajstić information content (AvgIpc) is 3.23. The lowest BCUT2D eigenvalue weighted by molar-refractivity contribution is -0.298. The van der Waals surface area contributed by atoms with E-state index in [1.807, 2.05) is 6.08 Å². The van der Waals surface area contributed by atoms with Crippen molar-refractivity contribution >= 4 is 16.3 Å². The van der Waals surface area contributed by atoms with Crippen LogP contribution in [-0.4, -0.2) is 107 Å². The van der Waals surface area contributed by atoms with E-state index in [0.717, 1.165) is 64.2 Å². The molecule has 0 radical (unpaired) electrons. The standard InChI is InChI=1S/C47H89NO12S/c1-3-5-7-9-11-13-15-17-19-21-23-25-27-29-31-33-35-40(50)39(38-58-47-44(53)45(60-61(55,56)57)43(52)42(37-49)59-47)48-46(54)41(51)36-34-32-30-28-26-24-22-20-18-16-14-12-10-8-6-4-2/h18,20,33,35,39-45,47,49-53H,3-17,19,21-32,34,36-38H2,1-2H3,(H,48,54)(H,55,56,57)/b20-18-,35-33+. The normalized spacial score (nSPS) is 21.3. The summed E-state index contributed by atoms with van der Waals surface area (Å²) < 4.78 is 47.5. The molecule has 0 aromatic heterocycles. The summed E-state index contributed by atoms with van der Waals surface area (Å²) in [6.45, 7) is 3.22. The van der Waals surface area contributed by atoms with Gasteiger partial charge in [-0.1, -0.05) is 186 Å². The van der Waals surface area contributed by atoms with Crippen LogP contribution in [0.1, 0.15) is 206 Å². The van der Waals surface area contributed by atoms with Crippen LogP contribution in [0.15, 0.2) is 24.3 Å². The highest BCUT2D eigenvalue weighted by Gasteiger charge is 2.48. The Morgan fingerprint density at radius 1 is 0.656 bits per heavy atom. The highest BCUT2D eigenvalue weighted by Crippen LogP contribution is 2.26. The van der Waals surface area contributed by atoms with E-state index in [4.69, 9.17) is 9.47 Å². The number of aliphatic hydroxyl groups is 5. The fourth-order valence-corrected chi connectivity index (χ4v) is 8.20. The number of carbonyl (C=O) groups is 1. The van der Waals surface area contributed by atoms with E-state index in [-0.39, 0.29) is 6.42 Å². The van der Waals surface area contributed by atoms with Crippen LogP contribution < -0.4 is 5.32 Å². The fraction of sp³-hybridized carbons (Fsp3) is 0.894. The third-order valence-electron chi connectivity index (χ3n) is 11.6. The summed E-state index contributed by atoms with van der Waals surface area (Å²) in [7, 11) is -5.12. The SMILES string of the molecule is CCCCCCCC/C=C\CCCCCCCCC(O)C(=O)NC(COC1OC(CO)C(O)C(OS(=O)(=O)O)C1O)C(O)/C=C/CCCCCCCCCCCCCCCC. The second-order valence-electron chi connectivity index (χ2n) is 17.2. The minimum Gasteiger partial charge on any atom is -0.394 e. The van der Waals surface area contributed by atoms with Crippen molar-refractivity contribution < 1.29 is 57.0 Å². The van der Waals surface area contributed by atoms with E-state index in [9.17, 15) is 43.3 Å². The second-order valence-corrected chi connectivity index (χ2v) is 18.2. The van der Waals surface area contributed by atoms with E-state index in [1.165, 1.54) is 115 Å². The van der Waals surface area contributed by atoms with E-state index in [1.54, 1.807) is 0 Å². The molecule has 0 spiro atoms. The largest absolute Gasteiger partial charge is 0.397 e. The first-order valence-electron chi connectivity index (χ1n) is 24.3. The van der Waals surface area contributed by atoms with Crippen LogP contribution in [-0.2, 0) is 28.9 Å². The molecule has 13 nitrogen and oxygen atoms in total. The quantitative estimate of drug-likeness (QED) is 0.0175. The summed E-state index contributed by atoms with van der Waals surface area (Å²) >= 11 is 0. The minimum absolute atomic E-state index is 0.237. The molecule has 0 aromatic carbocycles. The van der Waals surface area contributed by atoms with Crippen molar-refractivity contribution in [2.75, 3.05) is 13.2 Å². The highest BCUT2D eigenvalue weighted by atomic mass is 32.3. The lowest BCUT2D eigenvalue weighted by Crippen LogP contribution is -2.61. The molecule has 1 saturated heterocycles. The Balaban J connectivity index is 2.57. The monoisotopic (exact) mass is 892 g/mol. The van der Waals surface area contributed by atoms with E-state index < -0.39 is 78.5 Å².